The van der Waals surface area contributed by atoms with E-state index in [1.807, 2.05) is 6.92 Å². The number of rotatable bonds is 4. The molecule has 2 unspecified atom stereocenters. The fraction of sp³-hybridized carbons (Fsp3) is 0.500. The third kappa shape index (κ3) is 3.58. The van der Waals surface area contributed by atoms with E-state index in [2.05, 4.69) is 10.6 Å². The van der Waals surface area contributed by atoms with Crippen molar-refractivity contribution in [2.45, 2.75) is 30.8 Å². The van der Waals surface area contributed by atoms with Crippen molar-refractivity contribution in [3.63, 3.8) is 0 Å². The Labute approximate surface area is 119 Å². The molecule has 0 spiro atoms. The zero-order valence-electron chi connectivity index (χ0n) is 11.7. The molecular formula is C14H20N2O3S. The van der Waals surface area contributed by atoms with Crippen LogP contribution >= 0.6 is 0 Å². The van der Waals surface area contributed by atoms with Crippen LogP contribution in [0.5, 0.6) is 0 Å². The molecule has 6 heteroatoms. The summed E-state index contributed by atoms with van der Waals surface area (Å²) in [6.07, 6.45) is 2.04. The highest BCUT2D eigenvalue weighted by molar-refractivity contribution is 7.90. The van der Waals surface area contributed by atoms with E-state index in [1.165, 1.54) is 6.26 Å². The van der Waals surface area contributed by atoms with Gasteiger partial charge in [0.05, 0.1) is 10.8 Å². The lowest BCUT2D eigenvalue weighted by Crippen LogP contribution is -2.36. The molecule has 1 aromatic rings. The van der Waals surface area contributed by atoms with Gasteiger partial charge in [0, 0.05) is 18.8 Å². The van der Waals surface area contributed by atoms with Crippen LogP contribution in [0.1, 0.15) is 18.9 Å². The predicted molar refractivity (Wildman–Crippen MR) is 77.0 cm³/mol. The summed E-state index contributed by atoms with van der Waals surface area (Å²) in [5, 5.41) is 6.15. The Balaban J connectivity index is 1.93. The molecule has 20 heavy (non-hydrogen) atoms. The highest BCUT2D eigenvalue weighted by atomic mass is 32.2. The van der Waals surface area contributed by atoms with Gasteiger partial charge in [0.25, 0.3) is 0 Å². The van der Waals surface area contributed by atoms with Crippen molar-refractivity contribution in [1.82, 2.24) is 10.6 Å². The van der Waals surface area contributed by atoms with Gasteiger partial charge in [-0.2, -0.15) is 0 Å². The van der Waals surface area contributed by atoms with Gasteiger partial charge in [0.15, 0.2) is 9.84 Å². The number of sulfone groups is 1. The summed E-state index contributed by atoms with van der Waals surface area (Å²) in [5.74, 6) is 0.0694. The molecule has 0 aliphatic carbocycles. The lowest BCUT2D eigenvalue weighted by Gasteiger charge is -2.15. The fourth-order valence-electron chi connectivity index (χ4n) is 2.39. The summed E-state index contributed by atoms with van der Waals surface area (Å²) >= 11 is 0. The molecule has 1 fully saturated rings. The lowest BCUT2D eigenvalue weighted by molar-refractivity contribution is -0.125. The lowest BCUT2D eigenvalue weighted by atomic mass is 10.0. The fourth-order valence-corrected chi connectivity index (χ4v) is 3.02. The van der Waals surface area contributed by atoms with Gasteiger partial charge >= 0.3 is 0 Å². The maximum atomic E-state index is 12.0. The minimum absolute atomic E-state index is 0.0188. The largest absolute Gasteiger partial charge is 0.352 e. The number of carbonyl (C=O) groups is 1. The molecule has 0 bridgehead atoms. The van der Waals surface area contributed by atoms with Gasteiger partial charge in [-0.3, -0.25) is 4.79 Å². The predicted octanol–water partition coefficient (Wildman–Crippen LogP) is 0.704. The Morgan fingerprint density at radius 1 is 1.35 bits per heavy atom. The first kappa shape index (κ1) is 15.0. The molecule has 0 aromatic heterocycles. The topological polar surface area (TPSA) is 75.3 Å². The number of amides is 1. The van der Waals surface area contributed by atoms with Crippen molar-refractivity contribution in [3.05, 3.63) is 29.8 Å². The molecule has 1 saturated heterocycles. The number of carbonyl (C=O) groups excluding carboxylic acids is 1. The summed E-state index contributed by atoms with van der Waals surface area (Å²) < 4.78 is 22.7. The zero-order chi connectivity index (χ0) is 14.8. The first-order valence-electron chi connectivity index (χ1n) is 6.68. The van der Waals surface area contributed by atoms with Crippen LogP contribution in [0, 0.1) is 5.92 Å². The SMILES string of the molecule is CC1NCCC1C(=O)NCc1ccc(S(C)(=O)=O)cc1. The average Bonchev–Trinajstić information content (AvgIpc) is 2.82. The maximum Gasteiger partial charge on any atom is 0.224 e. The summed E-state index contributed by atoms with van der Waals surface area (Å²) in [6.45, 7) is 3.31. The van der Waals surface area contributed by atoms with Crippen molar-refractivity contribution >= 4 is 15.7 Å². The Hall–Kier alpha value is -1.40. The average molecular weight is 296 g/mol. The second-order valence-electron chi connectivity index (χ2n) is 5.27. The van der Waals surface area contributed by atoms with E-state index >= 15 is 0 Å². The zero-order valence-corrected chi connectivity index (χ0v) is 12.5. The molecule has 2 N–H and O–H groups in total. The summed E-state index contributed by atoms with van der Waals surface area (Å²) in [5.41, 5.74) is 0.893. The van der Waals surface area contributed by atoms with Crippen molar-refractivity contribution in [2.24, 2.45) is 5.92 Å². The third-order valence-corrected chi connectivity index (χ3v) is 4.81. The maximum absolute atomic E-state index is 12.0. The van der Waals surface area contributed by atoms with Gasteiger partial charge < -0.3 is 10.6 Å². The quantitative estimate of drug-likeness (QED) is 0.858. The van der Waals surface area contributed by atoms with Crippen molar-refractivity contribution in [3.8, 4) is 0 Å². The van der Waals surface area contributed by atoms with Gasteiger partial charge in [-0.25, -0.2) is 8.42 Å². The van der Waals surface area contributed by atoms with Gasteiger partial charge in [0.1, 0.15) is 0 Å². The Morgan fingerprint density at radius 2 is 2.00 bits per heavy atom. The van der Waals surface area contributed by atoms with Crippen molar-refractivity contribution in [2.75, 3.05) is 12.8 Å². The van der Waals surface area contributed by atoms with E-state index in [0.29, 0.717) is 11.4 Å². The Bertz CT molecular complexity index is 581. The number of benzene rings is 1. The molecule has 2 atom stereocenters. The van der Waals surface area contributed by atoms with Crippen LogP contribution in [0.2, 0.25) is 0 Å². The van der Waals surface area contributed by atoms with Crippen molar-refractivity contribution < 1.29 is 13.2 Å². The minimum atomic E-state index is -3.17. The first-order chi connectivity index (χ1) is 9.38. The van der Waals surface area contributed by atoms with Crippen molar-refractivity contribution in [1.29, 1.82) is 0 Å². The highest BCUT2D eigenvalue weighted by Crippen LogP contribution is 2.15. The molecule has 0 radical (unpaired) electrons. The number of hydrogen-bond acceptors (Lipinski definition) is 4. The molecule has 1 aliphatic rings. The van der Waals surface area contributed by atoms with Crippen LogP contribution in [0.3, 0.4) is 0 Å². The molecule has 2 rings (SSSR count). The summed E-state index contributed by atoms with van der Waals surface area (Å²) in [4.78, 5) is 12.3. The van der Waals surface area contributed by atoms with Gasteiger partial charge in [-0.05, 0) is 37.6 Å². The van der Waals surface area contributed by atoms with Gasteiger partial charge in [-0.1, -0.05) is 12.1 Å². The molecular weight excluding hydrogens is 276 g/mol. The molecule has 5 nitrogen and oxygen atoms in total. The molecule has 1 amide bonds. The molecule has 0 saturated carbocycles. The van der Waals surface area contributed by atoms with Crippen LogP contribution in [0.15, 0.2) is 29.2 Å². The van der Waals surface area contributed by atoms with E-state index < -0.39 is 9.84 Å². The van der Waals surface area contributed by atoms with E-state index in [4.69, 9.17) is 0 Å². The van der Waals surface area contributed by atoms with Crippen LogP contribution in [-0.4, -0.2) is 33.2 Å². The molecule has 110 valence electrons. The smallest absolute Gasteiger partial charge is 0.224 e. The molecule has 1 aliphatic heterocycles. The molecule has 1 heterocycles. The normalized spacial score (nSPS) is 22.7. The van der Waals surface area contributed by atoms with Crippen LogP contribution in [-0.2, 0) is 21.2 Å². The number of hydrogen-bond donors (Lipinski definition) is 2. The third-order valence-electron chi connectivity index (χ3n) is 3.68. The van der Waals surface area contributed by atoms with Gasteiger partial charge in [-0.15, -0.1) is 0 Å². The first-order valence-corrected chi connectivity index (χ1v) is 8.57. The molecule has 1 aromatic carbocycles. The second kappa shape index (κ2) is 5.93. The van der Waals surface area contributed by atoms with E-state index in [0.717, 1.165) is 18.5 Å². The van der Waals surface area contributed by atoms with E-state index in [-0.39, 0.29) is 17.9 Å². The second-order valence-corrected chi connectivity index (χ2v) is 7.29. The Morgan fingerprint density at radius 3 is 2.50 bits per heavy atom. The van der Waals surface area contributed by atoms with Crippen LogP contribution in [0.4, 0.5) is 0 Å². The van der Waals surface area contributed by atoms with Gasteiger partial charge in [0.2, 0.25) is 5.91 Å². The Kier molecular flexibility index (Phi) is 4.45. The highest BCUT2D eigenvalue weighted by Gasteiger charge is 2.28. The minimum Gasteiger partial charge on any atom is -0.352 e. The van der Waals surface area contributed by atoms with E-state index in [9.17, 15) is 13.2 Å². The van der Waals surface area contributed by atoms with E-state index in [1.54, 1.807) is 24.3 Å². The monoisotopic (exact) mass is 296 g/mol. The van der Waals surface area contributed by atoms with Crippen LogP contribution in [0.25, 0.3) is 0 Å². The number of nitrogens with one attached hydrogen (secondary N) is 2. The summed E-state index contributed by atoms with van der Waals surface area (Å²) in [6, 6.07) is 6.80. The van der Waals surface area contributed by atoms with Crippen LogP contribution < -0.4 is 10.6 Å². The summed E-state index contributed by atoms with van der Waals surface area (Å²) in [7, 11) is -3.17. The standard InChI is InChI=1S/C14H20N2O3S/c1-10-13(7-8-15-10)14(17)16-9-11-3-5-12(6-4-11)20(2,18)19/h3-6,10,13,15H,7-9H2,1-2H3,(H,16,17).